The average Bonchev–Trinajstić information content (AvgIpc) is 3.03. The number of ether oxygens (including phenoxy) is 10. The third-order valence-corrected chi connectivity index (χ3v) is 7.12. The number of rotatable bonds is 38. The molecule has 0 aromatic rings. The highest BCUT2D eigenvalue weighted by atomic mass is 127. The van der Waals surface area contributed by atoms with Gasteiger partial charge in [-0.3, -0.25) is 4.79 Å². The Hall–Kier alpha value is -0.160. The smallest absolute Gasteiger partial charge is 0.308 e. The molecule has 44 heavy (non-hydrogen) atoms. The molecule has 11 nitrogen and oxygen atoms in total. The monoisotopic (exact) mass is 750 g/mol. The van der Waals surface area contributed by atoms with E-state index in [0.717, 1.165) is 38.7 Å². The maximum absolute atomic E-state index is 12.0. The molecule has 12 heteroatoms. The van der Waals surface area contributed by atoms with Crippen molar-refractivity contribution in [3.8, 4) is 0 Å². The maximum Gasteiger partial charge on any atom is 0.308 e. The first kappa shape index (κ1) is 43.8. The Morgan fingerprint density at radius 2 is 0.795 bits per heavy atom. The van der Waals surface area contributed by atoms with E-state index in [4.69, 9.17) is 47.4 Å². The largest absolute Gasteiger partial charge is 0.463 e. The zero-order chi connectivity index (χ0) is 32.0. The zero-order valence-electron chi connectivity index (χ0n) is 27.7. The van der Waals surface area contributed by atoms with Gasteiger partial charge in [0, 0.05) is 6.61 Å². The first-order valence-corrected chi connectivity index (χ1v) is 18.2. The third-order valence-electron chi connectivity index (χ3n) is 6.35. The molecule has 0 saturated heterocycles. The minimum absolute atomic E-state index is 0.00114. The number of alkyl halides is 1. The van der Waals surface area contributed by atoms with E-state index in [9.17, 15) is 4.79 Å². The van der Waals surface area contributed by atoms with Gasteiger partial charge in [-0.15, -0.1) is 0 Å². The second kappa shape index (κ2) is 39.0. The molecule has 0 aromatic heterocycles. The standard InChI is InChI=1S/C32H63IO11/c1-3-5-10-31(4-2)32(34)44-30-29-43-28-27-42-26-25-41-24-23-40-22-21-39-20-19-38-18-17-37-16-15-36-14-13-35-12-9-7-6-8-11-33/h31H,3-30H2,1-2H3. The highest BCUT2D eigenvalue weighted by Crippen LogP contribution is 2.14. The molecule has 1 unspecified atom stereocenters. The first-order valence-electron chi connectivity index (χ1n) is 16.7. The topological polar surface area (TPSA) is 109 Å². The summed E-state index contributed by atoms with van der Waals surface area (Å²) in [5.74, 6) is -0.115. The van der Waals surface area contributed by atoms with Crippen LogP contribution in [-0.4, -0.2) is 136 Å². The van der Waals surface area contributed by atoms with Gasteiger partial charge in [0.1, 0.15) is 6.61 Å². The molecule has 0 saturated carbocycles. The predicted octanol–water partition coefficient (Wildman–Crippen LogP) is 4.89. The van der Waals surface area contributed by atoms with Crippen LogP contribution in [0.5, 0.6) is 0 Å². The molecular weight excluding hydrogens is 687 g/mol. The Morgan fingerprint density at radius 1 is 0.455 bits per heavy atom. The highest BCUT2D eigenvalue weighted by molar-refractivity contribution is 14.1. The fourth-order valence-electron chi connectivity index (χ4n) is 3.77. The lowest BCUT2D eigenvalue weighted by Gasteiger charge is -2.13. The van der Waals surface area contributed by atoms with Crippen molar-refractivity contribution in [3.05, 3.63) is 0 Å². The van der Waals surface area contributed by atoms with E-state index in [0.29, 0.717) is 112 Å². The van der Waals surface area contributed by atoms with Crippen LogP contribution in [0, 0.1) is 5.92 Å². The van der Waals surface area contributed by atoms with Crippen molar-refractivity contribution < 1.29 is 52.2 Å². The molecule has 0 aliphatic heterocycles. The van der Waals surface area contributed by atoms with Crippen LogP contribution in [0.2, 0.25) is 0 Å². The van der Waals surface area contributed by atoms with E-state index >= 15 is 0 Å². The molecule has 0 rings (SSSR count). The van der Waals surface area contributed by atoms with Crippen LogP contribution < -0.4 is 0 Å². The van der Waals surface area contributed by atoms with E-state index < -0.39 is 0 Å². The number of halogens is 1. The molecule has 0 aliphatic carbocycles. The van der Waals surface area contributed by atoms with E-state index in [-0.39, 0.29) is 18.5 Å². The van der Waals surface area contributed by atoms with Crippen molar-refractivity contribution in [3.63, 3.8) is 0 Å². The normalized spacial score (nSPS) is 12.2. The zero-order valence-corrected chi connectivity index (χ0v) is 29.9. The summed E-state index contributed by atoms with van der Waals surface area (Å²) in [4.78, 5) is 12.0. The lowest BCUT2D eigenvalue weighted by Crippen LogP contribution is -2.20. The van der Waals surface area contributed by atoms with Crippen molar-refractivity contribution in [2.45, 2.75) is 65.2 Å². The summed E-state index contributed by atoms with van der Waals surface area (Å²) >= 11 is 2.42. The second-order valence-corrected chi connectivity index (χ2v) is 11.1. The van der Waals surface area contributed by atoms with Crippen molar-refractivity contribution in [1.82, 2.24) is 0 Å². The van der Waals surface area contributed by atoms with Gasteiger partial charge in [0.15, 0.2) is 0 Å². The Bertz CT molecular complexity index is 560. The quantitative estimate of drug-likeness (QED) is 0.0373. The van der Waals surface area contributed by atoms with Crippen molar-refractivity contribution in [2.75, 3.05) is 130 Å². The SMILES string of the molecule is CCCCC(CC)C(=O)OCCOCCOCCOCCOCCOCCOCCOCCOCCOCCCCCCI. The van der Waals surface area contributed by atoms with Gasteiger partial charge in [0.05, 0.1) is 118 Å². The number of carbonyl (C=O) groups excluding carboxylic acids is 1. The van der Waals surface area contributed by atoms with E-state index in [1.165, 1.54) is 23.7 Å². The second-order valence-electron chi connectivity index (χ2n) is 10.0. The number of unbranched alkanes of at least 4 members (excludes halogenated alkanes) is 4. The maximum atomic E-state index is 12.0. The fraction of sp³-hybridized carbons (Fsp3) is 0.969. The third kappa shape index (κ3) is 34.7. The minimum atomic E-state index is -0.116. The number of carbonyl (C=O) groups is 1. The molecule has 0 fully saturated rings. The van der Waals surface area contributed by atoms with E-state index in [1.807, 2.05) is 6.92 Å². The van der Waals surface area contributed by atoms with Crippen LogP contribution in [-0.2, 0) is 52.2 Å². The summed E-state index contributed by atoms with van der Waals surface area (Å²) < 4.78 is 55.9. The summed E-state index contributed by atoms with van der Waals surface area (Å²) in [6.45, 7) is 14.1. The van der Waals surface area contributed by atoms with Gasteiger partial charge in [0.25, 0.3) is 0 Å². The van der Waals surface area contributed by atoms with Crippen molar-refractivity contribution in [2.24, 2.45) is 5.92 Å². The van der Waals surface area contributed by atoms with Crippen LogP contribution in [0.1, 0.15) is 65.2 Å². The van der Waals surface area contributed by atoms with Gasteiger partial charge in [-0.1, -0.05) is 62.1 Å². The van der Waals surface area contributed by atoms with Gasteiger partial charge in [0.2, 0.25) is 0 Å². The summed E-state index contributed by atoms with van der Waals surface area (Å²) in [6, 6.07) is 0. The Labute approximate surface area is 281 Å². The molecule has 0 aliphatic rings. The van der Waals surface area contributed by atoms with Crippen molar-refractivity contribution in [1.29, 1.82) is 0 Å². The lowest BCUT2D eigenvalue weighted by atomic mass is 10.00. The van der Waals surface area contributed by atoms with Gasteiger partial charge >= 0.3 is 5.97 Å². The molecule has 0 radical (unpaired) electrons. The molecule has 0 bridgehead atoms. The van der Waals surface area contributed by atoms with Crippen LogP contribution in [0.4, 0.5) is 0 Å². The number of esters is 1. The average molecular weight is 751 g/mol. The Morgan fingerprint density at radius 3 is 1.14 bits per heavy atom. The van der Waals surface area contributed by atoms with Crippen LogP contribution in [0.25, 0.3) is 0 Å². The molecule has 264 valence electrons. The summed E-state index contributed by atoms with van der Waals surface area (Å²) in [5, 5.41) is 0. The van der Waals surface area contributed by atoms with E-state index in [1.54, 1.807) is 0 Å². The fourth-order valence-corrected chi connectivity index (χ4v) is 4.31. The highest BCUT2D eigenvalue weighted by Gasteiger charge is 2.16. The van der Waals surface area contributed by atoms with Gasteiger partial charge in [-0.2, -0.15) is 0 Å². The predicted molar refractivity (Wildman–Crippen MR) is 179 cm³/mol. The lowest BCUT2D eigenvalue weighted by molar-refractivity contribution is -0.150. The van der Waals surface area contributed by atoms with E-state index in [2.05, 4.69) is 29.5 Å². The molecule has 0 spiro atoms. The van der Waals surface area contributed by atoms with Gasteiger partial charge in [-0.05, 0) is 30.1 Å². The molecule has 0 N–H and O–H groups in total. The number of hydrogen-bond donors (Lipinski definition) is 0. The van der Waals surface area contributed by atoms with Crippen LogP contribution in [0.15, 0.2) is 0 Å². The number of hydrogen-bond acceptors (Lipinski definition) is 11. The molecule has 0 amide bonds. The van der Waals surface area contributed by atoms with Gasteiger partial charge in [-0.25, -0.2) is 0 Å². The molecule has 0 aromatic carbocycles. The molecular formula is C32H63IO11. The van der Waals surface area contributed by atoms with Crippen molar-refractivity contribution >= 4 is 28.6 Å². The molecule has 0 heterocycles. The Balaban J connectivity index is 3.14. The Kier molecular flexibility index (Phi) is 38.9. The first-order chi connectivity index (χ1) is 21.8. The van der Waals surface area contributed by atoms with Gasteiger partial charge < -0.3 is 47.4 Å². The molecule has 1 atom stereocenters. The van der Waals surface area contributed by atoms with Crippen LogP contribution in [0.3, 0.4) is 0 Å². The summed E-state index contributed by atoms with van der Waals surface area (Å²) in [7, 11) is 0. The van der Waals surface area contributed by atoms with Crippen LogP contribution >= 0.6 is 22.6 Å². The summed E-state index contributed by atoms with van der Waals surface area (Å²) in [5.41, 5.74) is 0. The summed E-state index contributed by atoms with van der Waals surface area (Å²) in [6.07, 6.45) is 8.82. The minimum Gasteiger partial charge on any atom is -0.463 e.